The van der Waals surface area contributed by atoms with Crippen molar-refractivity contribution in [1.29, 1.82) is 0 Å². The van der Waals surface area contributed by atoms with E-state index in [-0.39, 0.29) is 6.79 Å². The molecule has 0 unspecified atom stereocenters. The van der Waals surface area contributed by atoms with Gasteiger partial charge in [0.1, 0.15) is 11.4 Å². The Morgan fingerprint density at radius 3 is 2.68 bits per heavy atom. The molecular weight excluding hydrogens is 244 g/mol. The zero-order chi connectivity index (χ0) is 13.6. The average molecular weight is 260 g/mol. The summed E-state index contributed by atoms with van der Waals surface area (Å²) in [5, 5.41) is 9.99. The van der Waals surface area contributed by atoms with E-state index in [1.165, 1.54) is 0 Å². The molecule has 0 atom stereocenters. The van der Waals surface area contributed by atoms with Crippen molar-refractivity contribution in [3.8, 4) is 22.8 Å². The number of aryl methyl sites for hydroxylation is 1. The lowest BCUT2D eigenvalue weighted by atomic mass is 10.1. The first-order valence-corrected chi connectivity index (χ1v) is 6.14. The van der Waals surface area contributed by atoms with Crippen LogP contribution in [0.15, 0.2) is 18.2 Å². The highest BCUT2D eigenvalue weighted by Gasteiger charge is 2.23. The van der Waals surface area contributed by atoms with E-state index in [1.807, 2.05) is 25.1 Å². The first-order valence-electron chi connectivity index (χ1n) is 6.14. The Balaban J connectivity index is 2.05. The quantitative estimate of drug-likeness (QED) is 0.869. The van der Waals surface area contributed by atoms with Gasteiger partial charge in [-0.25, -0.2) is 4.98 Å². The highest BCUT2D eigenvalue weighted by Crippen LogP contribution is 2.36. The molecular formula is C14H16N2O3. The van der Waals surface area contributed by atoms with Gasteiger partial charge in [0, 0.05) is 11.3 Å². The number of H-pyrrole nitrogens is 1. The van der Waals surface area contributed by atoms with Crippen LogP contribution < -0.4 is 9.47 Å². The summed E-state index contributed by atoms with van der Waals surface area (Å²) in [6.07, 6.45) is 0. The number of hydrogen-bond donors (Lipinski definition) is 2. The highest BCUT2D eigenvalue weighted by atomic mass is 16.7. The molecule has 1 aromatic heterocycles. The number of hydrogen-bond acceptors (Lipinski definition) is 4. The molecule has 0 saturated carbocycles. The summed E-state index contributed by atoms with van der Waals surface area (Å²) in [4.78, 5) is 7.59. The minimum atomic E-state index is -0.987. The van der Waals surface area contributed by atoms with E-state index in [2.05, 4.69) is 9.97 Å². The number of rotatable bonds is 2. The van der Waals surface area contributed by atoms with Crippen molar-refractivity contribution in [3.05, 3.63) is 29.7 Å². The summed E-state index contributed by atoms with van der Waals surface area (Å²) in [6.45, 7) is 5.60. The summed E-state index contributed by atoms with van der Waals surface area (Å²) in [7, 11) is 0. The Kier molecular flexibility index (Phi) is 2.53. The van der Waals surface area contributed by atoms with Gasteiger partial charge in [0.05, 0.1) is 5.69 Å². The second-order valence-electron chi connectivity index (χ2n) is 5.19. The minimum absolute atomic E-state index is 0.257. The fraction of sp³-hybridized carbons (Fsp3) is 0.357. The van der Waals surface area contributed by atoms with E-state index in [4.69, 9.17) is 9.47 Å². The number of benzene rings is 1. The van der Waals surface area contributed by atoms with Crippen LogP contribution in [0.25, 0.3) is 11.3 Å². The van der Waals surface area contributed by atoms with Crippen LogP contribution in [0.3, 0.4) is 0 Å². The standard InChI is InChI=1S/C14H16N2O3/c1-8-12(16-13(15-8)14(2,3)17)9-4-5-10-11(6-9)19-7-18-10/h4-6,17H,7H2,1-3H3,(H,15,16). The van der Waals surface area contributed by atoms with Gasteiger partial charge in [-0.3, -0.25) is 0 Å². The lowest BCUT2D eigenvalue weighted by molar-refractivity contribution is 0.0696. The number of aliphatic hydroxyl groups is 1. The molecule has 0 radical (unpaired) electrons. The third-order valence-corrected chi connectivity index (χ3v) is 3.11. The smallest absolute Gasteiger partial charge is 0.231 e. The Morgan fingerprint density at radius 1 is 1.26 bits per heavy atom. The van der Waals surface area contributed by atoms with Gasteiger partial charge in [-0.05, 0) is 39.0 Å². The molecule has 0 fully saturated rings. The van der Waals surface area contributed by atoms with E-state index in [9.17, 15) is 5.11 Å². The maximum Gasteiger partial charge on any atom is 0.231 e. The minimum Gasteiger partial charge on any atom is -0.454 e. The summed E-state index contributed by atoms with van der Waals surface area (Å²) < 4.78 is 10.7. The molecule has 0 bridgehead atoms. The van der Waals surface area contributed by atoms with Crippen molar-refractivity contribution in [1.82, 2.24) is 9.97 Å². The van der Waals surface area contributed by atoms with Gasteiger partial charge in [0.2, 0.25) is 6.79 Å². The Morgan fingerprint density at radius 2 is 2.00 bits per heavy atom. The zero-order valence-corrected chi connectivity index (χ0v) is 11.2. The molecule has 19 heavy (non-hydrogen) atoms. The summed E-state index contributed by atoms with van der Waals surface area (Å²) in [6, 6.07) is 5.71. The zero-order valence-electron chi connectivity index (χ0n) is 11.2. The van der Waals surface area contributed by atoms with E-state index in [0.717, 1.165) is 28.5 Å². The van der Waals surface area contributed by atoms with Gasteiger partial charge in [0.25, 0.3) is 0 Å². The van der Waals surface area contributed by atoms with Crippen molar-refractivity contribution in [2.75, 3.05) is 6.79 Å². The molecule has 3 rings (SSSR count). The molecule has 5 heteroatoms. The Hall–Kier alpha value is -2.01. The SMILES string of the molecule is Cc1[nH]c(C(C)(C)O)nc1-c1ccc2c(c1)OCO2. The van der Waals surface area contributed by atoms with Gasteiger partial charge in [-0.1, -0.05) is 0 Å². The third kappa shape index (κ3) is 2.06. The maximum atomic E-state index is 9.99. The fourth-order valence-corrected chi connectivity index (χ4v) is 2.08. The normalized spacial score (nSPS) is 13.9. The first-order chi connectivity index (χ1) is 8.95. The van der Waals surface area contributed by atoms with E-state index in [0.29, 0.717) is 5.82 Å². The van der Waals surface area contributed by atoms with Gasteiger partial charge in [-0.15, -0.1) is 0 Å². The summed E-state index contributed by atoms with van der Waals surface area (Å²) >= 11 is 0. The monoisotopic (exact) mass is 260 g/mol. The van der Waals surface area contributed by atoms with Crippen LogP contribution in [0.1, 0.15) is 25.4 Å². The molecule has 2 N–H and O–H groups in total. The number of fused-ring (bicyclic) bond motifs is 1. The molecule has 2 aromatic rings. The van der Waals surface area contributed by atoms with Crippen molar-refractivity contribution in [2.45, 2.75) is 26.4 Å². The molecule has 0 spiro atoms. The average Bonchev–Trinajstić information content (AvgIpc) is 2.92. The van der Waals surface area contributed by atoms with Crippen LogP contribution in [0.2, 0.25) is 0 Å². The van der Waals surface area contributed by atoms with Crippen molar-refractivity contribution in [2.24, 2.45) is 0 Å². The van der Waals surface area contributed by atoms with Gasteiger partial charge in [-0.2, -0.15) is 0 Å². The molecule has 0 aliphatic carbocycles. The first kappa shape index (κ1) is 12.0. The molecule has 1 aliphatic heterocycles. The molecule has 1 aromatic carbocycles. The molecule has 100 valence electrons. The van der Waals surface area contributed by atoms with Gasteiger partial charge < -0.3 is 19.6 Å². The van der Waals surface area contributed by atoms with Crippen LogP contribution in [0.5, 0.6) is 11.5 Å². The third-order valence-electron chi connectivity index (χ3n) is 3.11. The maximum absolute atomic E-state index is 9.99. The largest absolute Gasteiger partial charge is 0.454 e. The molecule has 5 nitrogen and oxygen atoms in total. The number of aromatic amines is 1. The predicted molar refractivity (Wildman–Crippen MR) is 70.1 cm³/mol. The molecule has 2 heterocycles. The van der Waals surface area contributed by atoms with Crippen LogP contribution in [0, 0.1) is 6.92 Å². The van der Waals surface area contributed by atoms with E-state index in [1.54, 1.807) is 13.8 Å². The number of imidazole rings is 1. The lowest BCUT2D eigenvalue weighted by Crippen LogP contribution is -2.17. The molecule has 0 saturated heterocycles. The number of nitrogens with zero attached hydrogens (tertiary/aromatic N) is 1. The Labute approximate surface area is 111 Å². The second-order valence-corrected chi connectivity index (χ2v) is 5.19. The Bertz CT molecular complexity index is 626. The highest BCUT2D eigenvalue weighted by molar-refractivity contribution is 5.66. The topological polar surface area (TPSA) is 67.4 Å². The van der Waals surface area contributed by atoms with Gasteiger partial charge >= 0.3 is 0 Å². The summed E-state index contributed by atoms with van der Waals surface area (Å²) in [5.74, 6) is 2.03. The summed E-state index contributed by atoms with van der Waals surface area (Å²) in [5.41, 5.74) is 1.68. The van der Waals surface area contributed by atoms with Crippen molar-refractivity contribution < 1.29 is 14.6 Å². The van der Waals surface area contributed by atoms with Gasteiger partial charge in [0.15, 0.2) is 11.5 Å². The van der Waals surface area contributed by atoms with Crippen LogP contribution in [-0.4, -0.2) is 21.9 Å². The van der Waals surface area contributed by atoms with E-state index >= 15 is 0 Å². The lowest BCUT2D eigenvalue weighted by Gasteiger charge is -2.12. The number of nitrogens with one attached hydrogen (secondary N) is 1. The molecule has 0 amide bonds. The van der Waals surface area contributed by atoms with Crippen LogP contribution in [0.4, 0.5) is 0 Å². The van der Waals surface area contributed by atoms with Crippen LogP contribution in [-0.2, 0) is 5.60 Å². The number of aromatic nitrogens is 2. The number of ether oxygens (including phenoxy) is 2. The van der Waals surface area contributed by atoms with Crippen molar-refractivity contribution >= 4 is 0 Å². The van der Waals surface area contributed by atoms with E-state index < -0.39 is 5.60 Å². The van der Waals surface area contributed by atoms with Crippen molar-refractivity contribution in [3.63, 3.8) is 0 Å². The second kappa shape index (κ2) is 3.99. The molecule has 1 aliphatic rings. The predicted octanol–water partition coefficient (Wildman–Crippen LogP) is 2.34. The fourth-order valence-electron chi connectivity index (χ4n) is 2.08. The van der Waals surface area contributed by atoms with Crippen LogP contribution >= 0.6 is 0 Å².